The van der Waals surface area contributed by atoms with Gasteiger partial charge in [0, 0.05) is 32.7 Å². The van der Waals surface area contributed by atoms with Gasteiger partial charge in [0.25, 0.3) is 0 Å². The fourth-order valence-corrected chi connectivity index (χ4v) is 1.84. The van der Waals surface area contributed by atoms with Crippen LogP contribution in [-0.4, -0.2) is 69.2 Å². The van der Waals surface area contributed by atoms with E-state index in [1.54, 1.807) is 7.05 Å². The van der Waals surface area contributed by atoms with Crippen molar-refractivity contribution >= 4 is 18.4 Å². The summed E-state index contributed by atoms with van der Waals surface area (Å²) in [7, 11) is 5.80. The summed E-state index contributed by atoms with van der Waals surface area (Å²) in [6.45, 7) is 3.62. The second-order valence-corrected chi connectivity index (χ2v) is 4.20. The first kappa shape index (κ1) is 15.5. The Bertz CT molecular complexity index is 213. The summed E-state index contributed by atoms with van der Waals surface area (Å²) in [5, 5.41) is 6.03. The summed E-state index contributed by atoms with van der Waals surface area (Å²) in [6.07, 6.45) is 1.02. The minimum Gasteiger partial charge on any atom is -0.341 e. The predicted octanol–water partition coefficient (Wildman–Crippen LogP) is -0.0269. The van der Waals surface area contributed by atoms with E-state index in [4.69, 9.17) is 0 Å². The van der Waals surface area contributed by atoms with Crippen LogP contribution in [0, 0.1) is 0 Å². The molecule has 16 heavy (non-hydrogen) atoms. The second-order valence-electron chi connectivity index (χ2n) is 4.20. The van der Waals surface area contributed by atoms with E-state index < -0.39 is 0 Å². The summed E-state index contributed by atoms with van der Waals surface area (Å²) in [5.74, 6) is 0. The largest absolute Gasteiger partial charge is 0.341 e. The van der Waals surface area contributed by atoms with Crippen LogP contribution in [0.1, 0.15) is 6.42 Å². The monoisotopic (exact) mass is 250 g/mol. The van der Waals surface area contributed by atoms with E-state index in [0.29, 0.717) is 6.04 Å². The molecule has 0 bridgehead atoms. The maximum Gasteiger partial charge on any atom is 0.317 e. The highest BCUT2D eigenvalue weighted by Gasteiger charge is 2.25. The number of amides is 2. The number of rotatable bonds is 3. The molecule has 0 radical (unpaired) electrons. The van der Waals surface area contributed by atoms with Gasteiger partial charge in [-0.2, -0.15) is 0 Å². The van der Waals surface area contributed by atoms with Crippen LogP contribution >= 0.6 is 12.4 Å². The molecule has 1 aliphatic heterocycles. The van der Waals surface area contributed by atoms with Crippen molar-refractivity contribution in [2.24, 2.45) is 0 Å². The zero-order valence-corrected chi connectivity index (χ0v) is 11.1. The molecule has 2 N–H and O–H groups in total. The van der Waals surface area contributed by atoms with Crippen LogP contribution in [0.3, 0.4) is 0 Å². The van der Waals surface area contributed by atoms with Gasteiger partial charge in [-0.15, -0.1) is 12.4 Å². The minimum atomic E-state index is 0. The van der Waals surface area contributed by atoms with Gasteiger partial charge in [-0.05, 0) is 27.1 Å². The Labute approximate surface area is 104 Å². The lowest BCUT2D eigenvalue weighted by Crippen LogP contribution is -2.56. The third-order valence-electron chi connectivity index (χ3n) is 2.73. The maximum absolute atomic E-state index is 11.6. The molecule has 1 unspecified atom stereocenters. The Morgan fingerprint density at radius 1 is 1.56 bits per heavy atom. The molecular weight excluding hydrogens is 228 g/mol. The standard InChI is InChI=1S/C10H22N4O.ClH/c1-11-10(15)14-7-5-12-8-9(14)4-6-13(2)3;/h9,12H,4-8H2,1-3H3,(H,11,15);1H. The van der Waals surface area contributed by atoms with Crippen LogP contribution in [0.25, 0.3) is 0 Å². The van der Waals surface area contributed by atoms with Crippen LogP contribution in [-0.2, 0) is 0 Å². The SMILES string of the molecule is CNC(=O)N1CCNCC1CCN(C)C.Cl. The first-order valence-electron chi connectivity index (χ1n) is 5.49. The molecule has 1 aliphatic rings. The third kappa shape index (κ3) is 4.55. The molecular formula is C10H23ClN4O. The quantitative estimate of drug-likeness (QED) is 0.740. The molecule has 1 rings (SSSR count). The summed E-state index contributed by atoms with van der Waals surface area (Å²) >= 11 is 0. The molecule has 0 aromatic carbocycles. The minimum absolute atomic E-state index is 0. The van der Waals surface area contributed by atoms with Gasteiger partial charge in [-0.3, -0.25) is 0 Å². The van der Waals surface area contributed by atoms with Crippen molar-refractivity contribution in [3.05, 3.63) is 0 Å². The Kier molecular flexibility index (Phi) is 7.45. The first-order chi connectivity index (χ1) is 7.15. The molecule has 1 saturated heterocycles. The number of piperazine rings is 1. The lowest BCUT2D eigenvalue weighted by molar-refractivity contribution is 0.150. The highest BCUT2D eigenvalue weighted by molar-refractivity contribution is 5.85. The van der Waals surface area contributed by atoms with Crippen molar-refractivity contribution in [1.82, 2.24) is 20.4 Å². The topological polar surface area (TPSA) is 47.6 Å². The molecule has 2 amide bonds. The Balaban J connectivity index is 0.00000225. The second kappa shape index (κ2) is 7.70. The predicted molar refractivity (Wildman–Crippen MR) is 68.2 cm³/mol. The number of hydrogen-bond acceptors (Lipinski definition) is 3. The van der Waals surface area contributed by atoms with Crippen LogP contribution in [0.2, 0.25) is 0 Å². The summed E-state index contributed by atoms with van der Waals surface area (Å²) in [6, 6.07) is 0.362. The fraction of sp³-hybridized carbons (Fsp3) is 0.900. The molecule has 1 fully saturated rings. The Hall–Kier alpha value is -0.520. The van der Waals surface area contributed by atoms with Crippen molar-refractivity contribution in [2.45, 2.75) is 12.5 Å². The van der Waals surface area contributed by atoms with Gasteiger partial charge in [-0.25, -0.2) is 4.79 Å². The summed E-state index contributed by atoms with van der Waals surface area (Å²) < 4.78 is 0. The van der Waals surface area contributed by atoms with E-state index in [9.17, 15) is 4.79 Å². The van der Waals surface area contributed by atoms with Gasteiger partial charge in [0.05, 0.1) is 0 Å². The Morgan fingerprint density at radius 2 is 2.25 bits per heavy atom. The van der Waals surface area contributed by atoms with Gasteiger partial charge < -0.3 is 20.4 Å². The van der Waals surface area contributed by atoms with E-state index in [0.717, 1.165) is 32.6 Å². The van der Waals surface area contributed by atoms with E-state index in [1.807, 2.05) is 4.90 Å². The third-order valence-corrected chi connectivity index (χ3v) is 2.73. The molecule has 0 aromatic heterocycles. The normalized spacial score (nSPS) is 20.5. The highest BCUT2D eigenvalue weighted by atomic mass is 35.5. The van der Waals surface area contributed by atoms with Gasteiger partial charge in [-0.1, -0.05) is 0 Å². The van der Waals surface area contributed by atoms with Gasteiger partial charge in [0.1, 0.15) is 0 Å². The zero-order valence-electron chi connectivity index (χ0n) is 10.3. The molecule has 5 nitrogen and oxygen atoms in total. The number of hydrogen-bond donors (Lipinski definition) is 2. The lowest BCUT2D eigenvalue weighted by Gasteiger charge is -2.36. The number of nitrogens with zero attached hydrogens (tertiary/aromatic N) is 2. The fourth-order valence-electron chi connectivity index (χ4n) is 1.84. The Morgan fingerprint density at radius 3 is 2.81 bits per heavy atom. The van der Waals surface area contributed by atoms with Crippen molar-refractivity contribution in [3.8, 4) is 0 Å². The number of nitrogens with one attached hydrogen (secondary N) is 2. The number of halogens is 1. The lowest BCUT2D eigenvalue weighted by atomic mass is 10.1. The molecule has 0 aromatic rings. The van der Waals surface area contributed by atoms with E-state index in [2.05, 4.69) is 29.6 Å². The molecule has 0 saturated carbocycles. The smallest absolute Gasteiger partial charge is 0.317 e. The summed E-state index contributed by atoms with van der Waals surface area (Å²) in [4.78, 5) is 15.7. The van der Waals surface area contributed by atoms with E-state index >= 15 is 0 Å². The van der Waals surface area contributed by atoms with Gasteiger partial charge in [0.15, 0.2) is 0 Å². The van der Waals surface area contributed by atoms with Crippen LogP contribution in [0.5, 0.6) is 0 Å². The molecule has 96 valence electrons. The van der Waals surface area contributed by atoms with Crippen LogP contribution in [0.15, 0.2) is 0 Å². The van der Waals surface area contributed by atoms with E-state index in [1.165, 1.54) is 0 Å². The van der Waals surface area contributed by atoms with Crippen LogP contribution in [0.4, 0.5) is 4.79 Å². The summed E-state index contributed by atoms with van der Waals surface area (Å²) in [5.41, 5.74) is 0. The highest BCUT2D eigenvalue weighted by Crippen LogP contribution is 2.07. The molecule has 0 spiro atoms. The van der Waals surface area contributed by atoms with E-state index in [-0.39, 0.29) is 18.4 Å². The maximum atomic E-state index is 11.6. The van der Waals surface area contributed by atoms with Crippen molar-refractivity contribution in [1.29, 1.82) is 0 Å². The average Bonchev–Trinajstić information content (AvgIpc) is 2.25. The molecule has 6 heteroatoms. The number of carbonyl (C=O) groups excluding carboxylic acids is 1. The number of urea groups is 1. The number of carbonyl (C=O) groups is 1. The first-order valence-corrected chi connectivity index (χ1v) is 5.49. The average molecular weight is 251 g/mol. The van der Waals surface area contributed by atoms with Crippen LogP contribution < -0.4 is 10.6 Å². The van der Waals surface area contributed by atoms with Gasteiger partial charge in [0.2, 0.25) is 0 Å². The molecule has 1 heterocycles. The molecule has 0 aliphatic carbocycles. The van der Waals surface area contributed by atoms with Gasteiger partial charge >= 0.3 is 6.03 Å². The zero-order chi connectivity index (χ0) is 11.3. The van der Waals surface area contributed by atoms with Crippen molar-refractivity contribution < 1.29 is 4.79 Å². The van der Waals surface area contributed by atoms with Crippen molar-refractivity contribution in [3.63, 3.8) is 0 Å². The molecule has 1 atom stereocenters. The van der Waals surface area contributed by atoms with Crippen molar-refractivity contribution in [2.75, 3.05) is 47.3 Å².